The van der Waals surface area contributed by atoms with E-state index in [1.165, 1.54) is 23.9 Å². The summed E-state index contributed by atoms with van der Waals surface area (Å²) in [6.07, 6.45) is 0. The van der Waals surface area contributed by atoms with Gasteiger partial charge in [-0.2, -0.15) is 0 Å². The zero-order chi connectivity index (χ0) is 54.7. The molecule has 0 amide bonds. The second kappa shape index (κ2) is 17.5. The number of fused-ring (bicyclic) bond motifs is 14. The van der Waals surface area contributed by atoms with Crippen molar-refractivity contribution in [1.82, 2.24) is 29.7 Å². The van der Waals surface area contributed by atoms with Crippen LogP contribution >= 0.6 is 0 Å². The van der Waals surface area contributed by atoms with E-state index < -0.39 is 229 Å². The summed E-state index contributed by atoms with van der Waals surface area (Å²) in [5, 5.41) is 0. The Morgan fingerprint density at radius 3 is 0.605 bits per heavy atom. The molecule has 0 unspecified atom stereocenters. The molecule has 0 saturated carbocycles. The predicted molar refractivity (Wildman–Crippen MR) is 228 cm³/mol. The van der Waals surface area contributed by atoms with Gasteiger partial charge in [0, 0.05) is 94.2 Å². The molecule has 76 heavy (non-hydrogen) atoms. The van der Waals surface area contributed by atoms with Gasteiger partial charge in [-0.05, 0) is 38.4 Å². The largest absolute Gasteiger partial charge is 0.354 e. The van der Waals surface area contributed by atoms with Crippen molar-refractivity contribution in [3.8, 4) is 44.5 Å². The summed E-state index contributed by atoms with van der Waals surface area (Å²) in [7, 11) is 2.74. The van der Waals surface area contributed by atoms with Crippen LogP contribution in [0.1, 0.15) is 46.4 Å². The lowest BCUT2D eigenvalue weighted by Gasteiger charge is -2.16. The average Bonchev–Trinajstić information content (AvgIpc) is 4.34. The molecular formula is C50H24F20N6. The Morgan fingerprint density at radius 1 is 0.276 bits per heavy atom. The van der Waals surface area contributed by atoms with Gasteiger partial charge in [-0.25, -0.2) is 87.8 Å². The number of aromatic amines is 2. The standard InChI is InChI=1S/C50H24F20N6/c1-75-7-11-12(8-75)48-20(24-29(53)37(61)44(68)38(62)30(24)54)16-4-6-18(72-16)22(26-33(57)41(65)46(70)42(66)34(26)58)50-14-10-76(2)9-13(14)49(74-50)21(25-31(55)39(63)45(69)40(64)32(25)56)17-5-3-15(71-17)19(47(11)73-48)23-27(51)35(59)43(67)36(60)28(23)52/h3-6,11-14,71-72H,7-10H2,1-2H3/t11-,12+,13-,14+. The Kier molecular flexibility index (Phi) is 11.7. The lowest BCUT2D eigenvalue weighted by molar-refractivity contribution is 0.381. The fourth-order valence-corrected chi connectivity index (χ4v) is 10.9. The number of nitrogens with one attached hydrogen (secondary N) is 2. The fraction of sp³-hybridized carbons (Fsp3) is 0.200. The van der Waals surface area contributed by atoms with Crippen LogP contribution in [0, 0.1) is 116 Å². The highest BCUT2D eigenvalue weighted by Crippen LogP contribution is 2.54. The van der Waals surface area contributed by atoms with Crippen LogP contribution in [-0.4, -0.2) is 70.0 Å². The monoisotopic (exact) mass is 1090 g/mol. The summed E-state index contributed by atoms with van der Waals surface area (Å²) in [5.74, 6) is -57.7. The second-order valence-electron chi connectivity index (χ2n) is 18.5. The van der Waals surface area contributed by atoms with E-state index in [0.717, 1.165) is 24.3 Å². The van der Waals surface area contributed by atoms with E-state index >= 15 is 70.2 Å². The number of halogens is 20. The van der Waals surface area contributed by atoms with Crippen LogP contribution in [-0.2, 0) is 0 Å². The number of likely N-dealkylation sites (N-methyl/N-ethyl adjacent to an activating group) is 2. The van der Waals surface area contributed by atoms with Gasteiger partial charge in [0.05, 0.1) is 45.0 Å². The molecular weight excluding hydrogens is 1060 g/mol. The molecule has 4 aliphatic heterocycles. The zero-order valence-electron chi connectivity index (χ0n) is 37.8. The maximum atomic E-state index is 16.4. The average molecular weight is 1090 g/mol. The number of hydrogen-bond acceptors (Lipinski definition) is 4. The third kappa shape index (κ3) is 6.96. The van der Waals surface area contributed by atoms with Gasteiger partial charge in [0.2, 0.25) is 23.3 Å². The molecule has 2 N–H and O–H groups in total. The van der Waals surface area contributed by atoms with Crippen molar-refractivity contribution in [2.45, 2.75) is 23.7 Å². The van der Waals surface area contributed by atoms with Gasteiger partial charge in [0.1, 0.15) is 0 Å². The van der Waals surface area contributed by atoms with Gasteiger partial charge in [0.15, 0.2) is 93.1 Å². The van der Waals surface area contributed by atoms with Crippen molar-refractivity contribution in [3.05, 3.63) is 163 Å². The molecule has 4 atom stereocenters. The van der Waals surface area contributed by atoms with E-state index in [1.54, 1.807) is 0 Å². The Bertz CT molecular complexity index is 3340. The van der Waals surface area contributed by atoms with Gasteiger partial charge < -0.3 is 19.8 Å². The minimum absolute atomic E-state index is 0.369. The van der Waals surface area contributed by atoms with Gasteiger partial charge in [-0.15, -0.1) is 0 Å². The van der Waals surface area contributed by atoms with Crippen LogP contribution in [0.2, 0.25) is 0 Å². The van der Waals surface area contributed by atoms with Crippen LogP contribution in [0.25, 0.3) is 66.6 Å². The van der Waals surface area contributed by atoms with Gasteiger partial charge >= 0.3 is 0 Å². The number of H-pyrrole nitrogens is 2. The minimum atomic E-state index is -2.69. The van der Waals surface area contributed by atoms with E-state index in [0.29, 0.717) is 0 Å². The fourth-order valence-electron chi connectivity index (χ4n) is 10.9. The molecule has 0 spiro atoms. The molecule has 26 heteroatoms. The van der Waals surface area contributed by atoms with Crippen molar-refractivity contribution in [2.75, 3.05) is 40.3 Å². The first-order chi connectivity index (χ1) is 35.9. The molecule has 2 saturated heterocycles. The first-order valence-electron chi connectivity index (χ1n) is 22.1. The second-order valence-corrected chi connectivity index (χ2v) is 18.5. The summed E-state index contributed by atoms with van der Waals surface area (Å²) in [6, 6.07) is 2.99. The van der Waals surface area contributed by atoms with Crippen molar-refractivity contribution >= 4 is 22.1 Å². The Morgan fingerprint density at radius 2 is 0.434 bits per heavy atom. The summed E-state index contributed by atoms with van der Waals surface area (Å²) < 4.78 is 313. The molecule has 7 heterocycles. The number of hydrogen-bond donors (Lipinski definition) is 2. The van der Waals surface area contributed by atoms with E-state index in [2.05, 4.69) is 19.9 Å². The normalized spacial score (nSPS) is 18.6. The Balaban J connectivity index is 1.47. The summed E-state index contributed by atoms with van der Waals surface area (Å²) in [6.45, 7) is -1.48. The molecule has 8 bridgehead atoms. The van der Waals surface area contributed by atoms with Crippen LogP contribution in [0.15, 0.2) is 24.3 Å². The number of benzene rings is 4. The Labute approximate surface area is 410 Å². The topological polar surface area (TPSA) is 63.8 Å². The van der Waals surface area contributed by atoms with E-state index in [1.807, 2.05) is 0 Å². The van der Waals surface area contributed by atoms with Crippen LogP contribution in [0.5, 0.6) is 0 Å². The van der Waals surface area contributed by atoms with Crippen molar-refractivity contribution in [1.29, 1.82) is 0 Å². The van der Waals surface area contributed by atoms with Crippen LogP contribution in [0.3, 0.4) is 0 Å². The van der Waals surface area contributed by atoms with Crippen LogP contribution < -0.4 is 0 Å². The number of likely N-dealkylation sites (tertiary alicyclic amines) is 2. The molecule has 6 nitrogen and oxygen atoms in total. The van der Waals surface area contributed by atoms with Crippen molar-refractivity contribution in [2.24, 2.45) is 0 Å². The SMILES string of the molecule is CN1C[C@@H]2c3nc(c(-c4c(F)c(F)c(F)c(F)c4F)c4ccc([nH]4)c(-c4c(F)c(F)c(F)c(F)c4F)c4nc(c(-c5c(F)c(F)c(F)c(F)c5F)c5ccc([nH]5)c3-c3c(F)c(F)c(F)c(F)c3F)[C@H]3CN(C)C[C@@H]43)[C@@H]2C1. The van der Waals surface area contributed by atoms with Gasteiger partial charge in [0.25, 0.3) is 0 Å². The zero-order valence-corrected chi connectivity index (χ0v) is 37.8. The molecule has 3 aromatic heterocycles. The summed E-state index contributed by atoms with van der Waals surface area (Å²) in [4.78, 5) is 16.5. The summed E-state index contributed by atoms with van der Waals surface area (Å²) >= 11 is 0. The first kappa shape index (κ1) is 50.7. The highest BCUT2D eigenvalue weighted by atomic mass is 19.2. The van der Waals surface area contributed by atoms with E-state index in [4.69, 9.17) is 0 Å². The van der Waals surface area contributed by atoms with E-state index in [-0.39, 0.29) is 26.2 Å². The summed E-state index contributed by atoms with van der Waals surface area (Å²) in [5.41, 5.74) is -18.2. The molecule has 7 aromatic rings. The lowest BCUT2D eigenvalue weighted by Crippen LogP contribution is -2.15. The molecule has 394 valence electrons. The molecule has 0 aliphatic carbocycles. The maximum absolute atomic E-state index is 16.4. The third-order valence-corrected chi connectivity index (χ3v) is 14.2. The Hall–Kier alpha value is -7.48. The first-order valence-corrected chi connectivity index (χ1v) is 22.1. The van der Waals surface area contributed by atoms with Gasteiger partial charge in [-0.3, -0.25) is 9.97 Å². The predicted octanol–water partition coefficient (Wildman–Crippen LogP) is 13.4. The van der Waals surface area contributed by atoms with Gasteiger partial charge in [-0.1, -0.05) is 0 Å². The van der Waals surface area contributed by atoms with Crippen molar-refractivity contribution in [3.63, 3.8) is 0 Å². The van der Waals surface area contributed by atoms with Crippen LogP contribution in [0.4, 0.5) is 87.8 Å². The lowest BCUT2D eigenvalue weighted by atomic mass is 9.86. The quantitative estimate of drug-likeness (QED) is 0.105. The molecule has 2 fully saturated rings. The highest BCUT2D eigenvalue weighted by Gasteiger charge is 2.47. The number of rotatable bonds is 4. The highest BCUT2D eigenvalue weighted by molar-refractivity contribution is 5.94. The minimum Gasteiger partial charge on any atom is -0.354 e. The third-order valence-electron chi connectivity index (χ3n) is 14.2. The van der Waals surface area contributed by atoms with E-state index in [9.17, 15) is 17.6 Å². The molecule has 4 aromatic carbocycles. The molecule has 11 rings (SSSR count). The maximum Gasteiger partial charge on any atom is 0.200 e. The smallest absolute Gasteiger partial charge is 0.200 e. The number of nitrogens with zero attached hydrogens (tertiary/aromatic N) is 4. The number of aromatic nitrogens is 4. The van der Waals surface area contributed by atoms with Crippen molar-refractivity contribution < 1.29 is 87.8 Å². The molecule has 4 aliphatic rings. The molecule has 0 radical (unpaired) electrons.